The molecule has 0 bridgehead atoms. The molecule has 1 saturated heterocycles. The van der Waals surface area contributed by atoms with E-state index in [1.165, 1.54) is 18.2 Å². The molecule has 2 rings (SSSR count). The molecular weight excluding hydrogens is 273 g/mol. The van der Waals surface area contributed by atoms with Crippen molar-refractivity contribution in [2.24, 2.45) is 5.92 Å². The highest BCUT2D eigenvalue weighted by Crippen LogP contribution is 2.22. The molecule has 1 fully saturated rings. The van der Waals surface area contributed by atoms with E-state index in [0.29, 0.717) is 12.0 Å². The molecule has 0 aliphatic carbocycles. The number of benzene rings is 1. The van der Waals surface area contributed by atoms with Crippen LogP contribution < -0.4 is 0 Å². The Balaban J connectivity index is 2.20. The predicted molar refractivity (Wildman–Crippen MR) is 74.3 cm³/mol. The van der Waals surface area contributed by atoms with Crippen molar-refractivity contribution in [2.75, 3.05) is 6.61 Å². The number of amides is 2. The first-order valence-electron chi connectivity index (χ1n) is 6.75. The van der Waals surface area contributed by atoms with E-state index in [2.05, 4.69) is 11.8 Å². The Bertz CT molecular complexity index is 630. The second-order valence-corrected chi connectivity index (χ2v) is 5.00. The maximum absolute atomic E-state index is 13.8. The number of imide groups is 1. The fourth-order valence-corrected chi connectivity index (χ4v) is 2.18. The molecule has 0 spiro atoms. The zero-order chi connectivity index (χ0) is 15.4. The molecule has 4 nitrogen and oxygen atoms in total. The Morgan fingerprint density at radius 2 is 2.19 bits per heavy atom. The van der Waals surface area contributed by atoms with Crippen LogP contribution in [0, 0.1) is 23.6 Å². The number of aliphatic hydroxyl groups excluding tert-OH is 1. The SMILES string of the molecule is CC1CC(=O)N(Cc2cc(C#CCCO)ccc2F)C1=O. The van der Waals surface area contributed by atoms with Gasteiger partial charge in [-0.1, -0.05) is 18.8 Å². The van der Waals surface area contributed by atoms with Gasteiger partial charge in [0, 0.05) is 29.9 Å². The minimum absolute atomic E-state index is 0.0320. The zero-order valence-electron chi connectivity index (χ0n) is 11.7. The number of hydrogen-bond acceptors (Lipinski definition) is 3. The lowest BCUT2D eigenvalue weighted by Crippen LogP contribution is -2.30. The summed E-state index contributed by atoms with van der Waals surface area (Å²) in [6, 6.07) is 4.33. The Morgan fingerprint density at radius 1 is 1.43 bits per heavy atom. The molecular formula is C16H16FNO3. The van der Waals surface area contributed by atoms with Crippen molar-refractivity contribution in [1.29, 1.82) is 0 Å². The van der Waals surface area contributed by atoms with Crippen LogP contribution in [0.3, 0.4) is 0 Å². The Morgan fingerprint density at radius 3 is 2.81 bits per heavy atom. The molecule has 5 heteroatoms. The average molecular weight is 289 g/mol. The number of nitrogens with zero attached hydrogens (tertiary/aromatic N) is 1. The summed E-state index contributed by atoms with van der Waals surface area (Å²) >= 11 is 0. The Kier molecular flexibility index (Phi) is 4.71. The summed E-state index contributed by atoms with van der Waals surface area (Å²) in [5, 5.41) is 8.67. The number of carbonyl (C=O) groups is 2. The molecule has 2 amide bonds. The minimum atomic E-state index is -0.470. The van der Waals surface area contributed by atoms with Crippen molar-refractivity contribution in [3.63, 3.8) is 0 Å². The van der Waals surface area contributed by atoms with Crippen LogP contribution in [0.5, 0.6) is 0 Å². The summed E-state index contributed by atoms with van der Waals surface area (Å²) in [6.07, 6.45) is 0.518. The van der Waals surface area contributed by atoms with Gasteiger partial charge in [-0.3, -0.25) is 14.5 Å². The van der Waals surface area contributed by atoms with E-state index < -0.39 is 5.82 Å². The molecule has 21 heavy (non-hydrogen) atoms. The third-order valence-electron chi connectivity index (χ3n) is 3.31. The quantitative estimate of drug-likeness (QED) is 0.677. The monoisotopic (exact) mass is 289 g/mol. The van der Waals surface area contributed by atoms with Crippen LogP contribution in [0.1, 0.15) is 30.9 Å². The van der Waals surface area contributed by atoms with Gasteiger partial charge in [0.25, 0.3) is 0 Å². The minimum Gasteiger partial charge on any atom is -0.395 e. The molecule has 1 aliphatic rings. The van der Waals surface area contributed by atoms with Crippen LogP contribution in [0.4, 0.5) is 4.39 Å². The van der Waals surface area contributed by atoms with E-state index in [9.17, 15) is 14.0 Å². The molecule has 1 aliphatic heterocycles. The molecule has 1 aromatic carbocycles. The largest absolute Gasteiger partial charge is 0.395 e. The number of likely N-dealkylation sites (tertiary alicyclic amines) is 1. The number of halogens is 1. The summed E-state index contributed by atoms with van der Waals surface area (Å²) in [6.45, 7) is 1.59. The van der Waals surface area contributed by atoms with Gasteiger partial charge < -0.3 is 5.11 Å². The summed E-state index contributed by atoms with van der Waals surface area (Å²) in [5.74, 6) is 4.20. The number of hydrogen-bond donors (Lipinski definition) is 1. The van der Waals surface area contributed by atoms with E-state index in [1.807, 2.05) is 0 Å². The summed E-state index contributed by atoms with van der Waals surface area (Å²) in [7, 11) is 0. The predicted octanol–water partition coefficient (Wildman–Crippen LogP) is 1.45. The van der Waals surface area contributed by atoms with E-state index in [-0.39, 0.29) is 42.9 Å². The lowest BCUT2D eigenvalue weighted by atomic mass is 10.1. The van der Waals surface area contributed by atoms with Crippen molar-refractivity contribution >= 4 is 11.8 Å². The molecule has 110 valence electrons. The molecule has 1 unspecified atom stereocenters. The van der Waals surface area contributed by atoms with Crippen molar-refractivity contribution < 1.29 is 19.1 Å². The summed E-state index contributed by atoms with van der Waals surface area (Å²) in [4.78, 5) is 24.7. The van der Waals surface area contributed by atoms with Gasteiger partial charge >= 0.3 is 0 Å². The highest BCUT2D eigenvalue weighted by molar-refractivity contribution is 6.03. The highest BCUT2D eigenvalue weighted by Gasteiger charge is 2.35. The van der Waals surface area contributed by atoms with Gasteiger partial charge in [0.05, 0.1) is 13.2 Å². The van der Waals surface area contributed by atoms with Crippen molar-refractivity contribution in [2.45, 2.75) is 26.3 Å². The van der Waals surface area contributed by atoms with E-state index in [1.54, 1.807) is 6.92 Å². The summed E-state index contributed by atoms with van der Waals surface area (Å²) < 4.78 is 13.8. The topological polar surface area (TPSA) is 57.6 Å². The van der Waals surface area contributed by atoms with Crippen LogP contribution in [0.2, 0.25) is 0 Å². The smallest absolute Gasteiger partial charge is 0.232 e. The van der Waals surface area contributed by atoms with Crippen molar-refractivity contribution in [3.05, 3.63) is 35.1 Å². The third kappa shape index (κ3) is 3.47. The molecule has 1 heterocycles. The van der Waals surface area contributed by atoms with Crippen LogP contribution >= 0.6 is 0 Å². The first-order chi connectivity index (χ1) is 10.0. The first-order valence-corrected chi connectivity index (χ1v) is 6.75. The number of aliphatic hydroxyl groups is 1. The standard InChI is InChI=1S/C16H16FNO3/c1-11-8-15(20)18(16(11)21)10-13-9-12(4-2-3-7-19)5-6-14(13)17/h5-6,9,11,19H,3,7-8,10H2,1H3. The van der Waals surface area contributed by atoms with E-state index in [0.717, 1.165) is 4.90 Å². The molecule has 0 radical (unpaired) electrons. The second kappa shape index (κ2) is 6.51. The zero-order valence-corrected chi connectivity index (χ0v) is 11.7. The fourth-order valence-electron chi connectivity index (χ4n) is 2.18. The van der Waals surface area contributed by atoms with Gasteiger partial charge in [-0.05, 0) is 18.2 Å². The molecule has 0 aromatic heterocycles. The van der Waals surface area contributed by atoms with Crippen LogP contribution in [-0.2, 0) is 16.1 Å². The number of carbonyl (C=O) groups excluding carboxylic acids is 2. The lowest BCUT2D eigenvalue weighted by molar-refractivity contribution is -0.139. The lowest BCUT2D eigenvalue weighted by Gasteiger charge is -2.15. The van der Waals surface area contributed by atoms with Crippen LogP contribution in [0.25, 0.3) is 0 Å². The van der Waals surface area contributed by atoms with Gasteiger partial charge in [0.1, 0.15) is 5.82 Å². The normalized spacial score (nSPS) is 17.9. The molecule has 1 atom stereocenters. The van der Waals surface area contributed by atoms with Crippen LogP contribution in [0.15, 0.2) is 18.2 Å². The third-order valence-corrected chi connectivity index (χ3v) is 3.31. The first kappa shape index (κ1) is 15.2. The van der Waals surface area contributed by atoms with Gasteiger partial charge in [-0.2, -0.15) is 0 Å². The van der Waals surface area contributed by atoms with Gasteiger partial charge in [0.15, 0.2) is 0 Å². The van der Waals surface area contributed by atoms with Gasteiger partial charge in [-0.25, -0.2) is 4.39 Å². The summed E-state index contributed by atoms with van der Waals surface area (Å²) in [5.41, 5.74) is 0.855. The van der Waals surface area contributed by atoms with Gasteiger partial charge in [-0.15, -0.1) is 0 Å². The van der Waals surface area contributed by atoms with E-state index in [4.69, 9.17) is 5.11 Å². The average Bonchev–Trinajstić information content (AvgIpc) is 2.69. The van der Waals surface area contributed by atoms with E-state index >= 15 is 0 Å². The highest BCUT2D eigenvalue weighted by atomic mass is 19.1. The van der Waals surface area contributed by atoms with Gasteiger partial charge in [0.2, 0.25) is 11.8 Å². The van der Waals surface area contributed by atoms with Crippen LogP contribution in [-0.4, -0.2) is 28.4 Å². The molecule has 1 aromatic rings. The second-order valence-electron chi connectivity index (χ2n) is 5.00. The fraction of sp³-hybridized carbons (Fsp3) is 0.375. The Hall–Kier alpha value is -2.19. The van der Waals surface area contributed by atoms with Crippen molar-refractivity contribution in [3.8, 4) is 11.8 Å². The Labute approximate surface area is 122 Å². The number of rotatable bonds is 3. The maximum atomic E-state index is 13.8. The molecule has 1 N–H and O–H groups in total. The molecule has 0 saturated carbocycles. The maximum Gasteiger partial charge on any atom is 0.232 e. The van der Waals surface area contributed by atoms with Crippen molar-refractivity contribution in [1.82, 2.24) is 4.90 Å².